The standard InChI is InChI=1S/C27H20ClN5O3/c1-16-20(13-17-7-9-18(28)10-8-17)26(31-23-12-11-19(36-2)14-25(23)33(34)35)32-24-6-4-3-5-22(24)30-27(32)21(16)15-29/h3-12,14,31H,13H2,1-2H3. The number of hydrogen-bond donors (Lipinski definition) is 1. The molecule has 0 spiro atoms. The van der Waals surface area contributed by atoms with E-state index in [-0.39, 0.29) is 5.69 Å². The number of anilines is 2. The number of halogens is 1. The number of hydrogen-bond acceptors (Lipinski definition) is 6. The smallest absolute Gasteiger partial charge is 0.296 e. The zero-order valence-corrected chi connectivity index (χ0v) is 20.2. The van der Waals surface area contributed by atoms with Crippen molar-refractivity contribution in [3.8, 4) is 11.8 Å². The zero-order chi connectivity index (χ0) is 25.4. The maximum absolute atomic E-state index is 11.9. The molecule has 8 nitrogen and oxygen atoms in total. The van der Waals surface area contributed by atoms with E-state index in [1.54, 1.807) is 12.1 Å². The molecule has 0 saturated heterocycles. The van der Waals surface area contributed by atoms with Crippen molar-refractivity contribution >= 4 is 45.5 Å². The van der Waals surface area contributed by atoms with Crippen molar-refractivity contribution in [2.45, 2.75) is 13.3 Å². The highest BCUT2D eigenvalue weighted by Crippen LogP contribution is 2.37. The maximum Gasteiger partial charge on any atom is 0.296 e. The van der Waals surface area contributed by atoms with E-state index in [1.165, 1.54) is 13.2 Å². The number of methoxy groups -OCH3 is 1. The molecule has 9 heteroatoms. The monoisotopic (exact) mass is 497 g/mol. The molecule has 3 aromatic carbocycles. The molecular weight excluding hydrogens is 478 g/mol. The minimum absolute atomic E-state index is 0.133. The van der Waals surface area contributed by atoms with E-state index >= 15 is 0 Å². The molecule has 178 valence electrons. The van der Waals surface area contributed by atoms with Gasteiger partial charge in [-0.05, 0) is 54.4 Å². The molecule has 0 radical (unpaired) electrons. The van der Waals surface area contributed by atoms with Crippen molar-refractivity contribution in [2.75, 3.05) is 12.4 Å². The molecule has 0 amide bonds. The van der Waals surface area contributed by atoms with Gasteiger partial charge in [-0.25, -0.2) is 4.98 Å². The molecule has 0 fully saturated rings. The molecular formula is C27H20ClN5O3. The summed E-state index contributed by atoms with van der Waals surface area (Å²) in [4.78, 5) is 16.2. The number of nitriles is 1. The molecule has 5 aromatic rings. The van der Waals surface area contributed by atoms with Gasteiger partial charge in [0.15, 0.2) is 5.65 Å². The Morgan fingerprint density at radius 3 is 2.61 bits per heavy atom. The molecule has 2 aromatic heterocycles. The summed E-state index contributed by atoms with van der Waals surface area (Å²) in [5, 5.41) is 25.9. The number of rotatable bonds is 6. The SMILES string of the molecule is COc1ccc(Nc2c(Cc3ccc(Cl)cc3)c(C)c(C#N)c3nc4ccccc4n23)c([N+](=O)[O-])c1. The van der Waals surface area contributed by atoms with Gasteiger partial charge in [0, 0.05) is 17.0 Å². The minimum Gasteiger partial charge on any atom is -0.496 e. The average molecular weight is 498 g/mol. The molecule has 0 bridgehead atoms. The topological polar surface area (TPSA) is 105 Å². The minimum atomic E-state index is -0.455. The number of benzene rings is 3. The van der Waals surface area contributed by atoms with Gasteiger partial charge in [-0.3, -0.25) is 14.5 Å². The summed E-state index contributed by atoms with van der Waals surface area (Å²) in [6.07, 6.45) is 0.465. The van der Waals surface area contributed by atoms with Crippen LogP contribution in [0.15, 0.2) is 66.7 Å². The molecule has 0 aliphatic heterocycles. The second kappa shape index (κ2) is 9.21. The first kappa shape index (κ1) is 23.1. The lowest BCUT2D eigenvalue weighted by atomic mass is 9.97. The first-order valence-electron chi connectivity index (χ1n) is 11.1. The van der Waals surface area contributed by atoms with Crippen LogP contribution in [0.3, 0.4) is 0 Å². The number of aromatic nitrogens is 2. The van der Waals surface area contributed by atoms with Gasteiger partial charge in [0.2, 0.25) is 0 Å². The summed E-state index contributed by atoms with van der Waals surface area (Å²) in [6.45, 7) is 1.87. The Balaban J connectivity index is 1.83. The highest BCUT2D eigenvalue weighted by Gasteiger charge is 2.24. The molecule has 0 saturated carbocycles. The molecule has 0 aliphatic rings. The van der Waals surface area contributed by atoms with Crippen LogP contribution in [0.2, 0.25) is 5.02 Å². The van der Waals surface area contributed by atoms with Gasteiger partial charge in [-0.15, -0.1) is 0 Å². The largest absolute Gasteiger partial charge is 0.496 e. The molecule has 1 N–H and O–H groups in total. The summed E-state index contributed by atoms with van der Waals surface area (Å²) in [5.41, 5.74) is 5.11. The van der Waals surface area contributed by atoms with E-state index in [9.17, 15) is 15.4 Å². The van der Waals surface area contributed by atoms with Crippen LogP contribution in [0.25, 0.3) is 16.7 Å². The van der Waals surface area contributed by atoms with Crippen molar-refractivity contribution in [1.29, 1.82) is 5.26 Å². The van der Waals surface area contributed by atoms with Crippen LogP contribution in [0.4, 0.5) is 17.2 Å². The normalized spacial score (nSPS) is 10.9. The Hall–Kier alpha value is -4.61. The van der Waals surface area contributed by atoms with Gasteiger partial charge in [0.05, 0.1) is 34.7 Å². The Labute approximate surface area is 211 Å². The number of nitrogens with one attached hydrogen (secondary N) is 1. The van der Waals surface area contributed by atoms with Crippen LogP contribution in [0.1, 0.15) is 22.3 Å². The Kier molecular flexibility index (Phi) is 5.92. The second-order valence-corrected chi connectivity index (χ2v) is 8.70. The van der Waals surface area contributed by atoms with Crippen molar-refractivity contribution in [3.05, 3.63) is 104 Å². The van der Waals surface area contributed by atoms with Crippen LogP contribution >= 0.6 is 11.6 Å². The summed E-state index contributed by atoms with van der Waals surface area (Å²) < 4.78 is 7.05. The third kappa shape index (κ3) is 3.96. The molecule has 5 rings (SSSR count). The van der Waals surface area contributed by atoms with E-state index in [0.717, 1.165) is 22.2 Å². The van der Waals surface area contributed by atoms with E-state index in [2.05, 4.69) is 11.4 Å². The number of fused-ring (bicyclic) bond motifs is 3. The first-order valence-corrected chi connectivity index (χ1v) is 11.5. The third-order valence-corrected chi connectivity index (χ3v) is 6.43. The lowest BCUT2D eigenvalue weighted by Crippen LogP contribution is -2.10. The fourth-order valence-corrected chi connectivity index (χ4v) is 4.49. The van der Waals surface area contributed by atoms with Crippen LogP contribution in [-0.4, -0.2) is 21.4 Å². The molecule has 2 heterocycles. The fourth-order valence-electron chi connectivity index (χ4n) is 4.36. The predicted molar refractivity (Wildman–Crippen MR) is 139 cm³/mol. The number of imidazole rings is 1. The van der Waals surface area contributed by atoms with Crippen molar-refractivity contribution < 1.29 is 9.66 Å². The van der Waals surface area contributed by atoms with Gasteiger partial charge >= 0.3 is 0 Å². The highest BCUT2D eigenvalue weighted by atomic mass is 35.5. The average Bonchev–Trinajstić information content (AvgIpc) is 3.26. The molecule has 0 aliphatic carbocycles. The highest BCUT2D eigenvalue weighted by molar-refractivity contribution is 6.30. The van der Waals surface area contributed by atoms with Gasteiger partial charge in [0.25, 0.3) is 5.69 Å². The Morgan fingerprint density at radius 1 is 1.17 bits per heavy atom. The van der Waals surface area contributed by atoms with Gasteiger partial charge in [-0.2, -0.15) is 5.26 Å². The van der Waals surface area contributed by atoms with E-state index < -0.39 is 4.92 Å². The lowest BCUT2D eigenvalue weighted by molar-refractivity contribution is -0.384. The Morgan fingerprint density at radius 2 is 1.92 bits per heavy atom. The molecule has 36 heavy (non-hydrogen) atoms. The number of ether oxygens (including phenoxy) is 1. The fraction of sp³-hybridized carbons (Fsp3) is 0.111. The summed E-state index contributed by atoms with van der Waals surface area (Å²) in [7, 11) is 1.46. The van der Waals surface area contributed by atoms with E-state index in [1.807, 2.05) is 59.9 Å². The predicted octanol–water partition coefficient (Wildman–Crippen LogP) is 6.57. The van der Waals surface area contributed by atoms with E-state index in [4.69, 9.17) is 21.3 Å². The number of pyridine rings is 1. The van der Waals surface area contributed by atoms with Crippen molar-refractivity contribution in [1.82, 2.24) is 9.38 Å². The van der Waals surface area contributed by atoms with Gasteiger partial charge < -0.3 is 10.1 Å². The van der Waals surface area contributed by atoms with Crippen LogP contribution in [0, 0.1) is 28.4 Å². The van der Waals surface area contributed by atoms with Crippen LogP contribution in [-0.2, 0) is 6.42 Å². The number of nitro benzene ring substituents is 1. The number of nitro groups is 1. The number of nitrogens with zero attached hydrogens (tertiary/aromatic N) is 4. The summed E-state index contributed by atoms with van der Waals surface area (Å²) in [5.74, 6) is 0.973. The molecule has 0 atom stereocenters. The maximum atomic E-state index is 11.9. The van der Waals surface area contributed by atoms with Crippen LogP contribution < -0.4 is 10.1 Å². The van der Waals surface area contributed by atoms with Gasteiger partial charge in [-0.1, -0.05) is 35.9 Å². The zero-order valence-electron chi connectivity index (χ0n) is 19.4. The lowest BCUT2D eigenvalue weighted by Gasteiger charge is -2.19. The van der Waals surface area contributed by atoms with Gasteiger partial charge in [0.1, 0.15) is 23.3 Å². The number of para-hydroxylation sites is 2. The Bertz CT molecular complexity index is 1690. The molecule has 0 unspecified atom stereocenters. The van der Waals surface area contributed by atoms with Crippen molar-refractivity contribution in [2.24, 2.45) is 0 Å². The third-order valence-electron chi connectivity index (χ3n) is 6.18. The first-order chi connectivity index (χ1) is 17.4. The van der Waals surface area contributed by atoms with Crippen molar-refractivity contribution in [3.63, 3.8) is 0 Å². The quantitative estimate of drug-likeness (QED) is 0.210. The second-order valence-electron chi connectivity index (χ2n) is 8.27. The summed E-state index contributed by atoms with van der Waals surface area (Å²) in [6, 6.07) is 22.0. The summed E-state index contributed by atoms with van der Waals surface area (Å²) >= 11 is 6.09. The van der Waals surface area contributed by atoms with E-state index in [0.29, 0.717) is 45.4 Å². The van der Waals surface area contributed by atoms with Crippen LogP contribution in [0.5, 0.6) is 5.75 Å².